The van der Waals surface area contributed by atoms with Gasteiger partial charge in [0.2, 0.25) is 11.8 Å². The zero-order valence-electron chi connectivity index (χ0n) is 18.2. The van der Waals surface area contributed by atoms with Crippen LogP contribution in [-0.2, 0) is 24.2 Å². The number of carbonyl (C=O) groups is 1. The van der Waals surface area contributed by atoms with Crippen LogP contribution in [0.25, 0.3) is 11.4 Å². The van der Waals surface area contributed by atoms with E-state index >= 15 is 0 Å². The summed E-state index contributed by atoms with van der Waals surface area (Å²) >= 11 is 0. The maximum absolute atomic E-state index is 12.9. The smallest absolute Gasteiger partial charge is 0.223 e. The topological polar surface area (TPSA) is 77.0 Å². The summed E-state index contributed by atoms with van der Waals surface area (Å²) in [6.07, 6.45) is 7.26. The van der Waals surface area contributed by atoms with Crippen LogP contribution in [0.5, 0.6) is 5.88 Å². The third-order valence-electron chi connectivity index (χ3n) is 6.25. The van der Waals surface area contributed by atoms with Crippen molar-refractivity contribution < 1.29 is 9.53 Å². The summed E-state index contributed by atoms with van der Waals surface area (Å²) in [5.74, 6) is 2.09. The third kappa shape index (κ3) is 4.96. The molecule has 164 valence electrons. The van der Waals surface area contributed by atoms with Crippen molar-refractivity contribution in [2.24, 2.45) is 11.8 Å². The zero-order valence-corrected chi connectivity index (χ0v) is 18.2. The van der Waals surface area contributed by atoms with E-state index in [-0.39, 0.29) is 11.8 Å². The third-order valence-corrected chi connectivity index (χ3v) is 6.25. The summed E-state index contributed by atoms with van der Waals surface area (Å²) in [7, 11) is 0. The summed E-state index contributed by atoms with van der Waals surface area (Å²) in [4.78, 5) is 26.9. The van der Waals surface area contributed by atoms with Gasteiger partial charge in [-0.3, -0.25) is 9.78 Å². The lowest BCUT2D eigenvalue weighted by Crippen LogP contribution is -2.30. The van der Waals surface area contributed by atoms with Crippen LogP contribution >= 0.6 is 0 Å². The number of pyridine rings is 1. The molecule has 2 aromatic heterocycles. The number of hydrogen-bond acceptors (Lipinski definition) is 5. The normalized spacial score (nSPS) is 17.8. The fourth-order valence-electron chi connectivity index (χ4n) is 4.14. The summed E-state index contributed by atoms with van der Waals surface area (Å²) in [5.41, 5.74) is 3.95. The van der Waals surface area contributed by atoms with E-state index in [0.29, 0.717) is 30.8 Å². The van der Waals surface area contributed by atoms with Gasteiger partial charge in [-0.25, -0.2) is 4.98 Å². The van der Waals surface area contributed by atoms with Crippen LogP contribution in [0.1, 0.15) is 42.6 Å². The van der Waals surface area contributed by atoms with Gasteiger partial charge in [0.25, 0.3) is 0 Å². The Hall–Kier alpha value is -3.28. The van der Waals surface area contributed by atoms with Crippen molar-refractivity contribution in [1.29, 1.82) is 0 Å². The molecule has 6 heteroatoms. The molecule has 3 aromatic rings. The Morgan fingerprint density at radius 1 is 0.969 bits per heavy atom. The first-order valence-corrected chi connectivity index (χ1v) is 11.5. The minimum atomic E-state index is -0.0515. The number of amides is 1. The molecule has 0 saturated heterocycles. The van der Waals surface area contributed by atoms with E-state index in [1.165, 1.54) is 12.8 Å². The highest BCUT2D eigenvalue weighted by Gasteiger charge is 2.28. The molecule has 1 atom stereocenters. The predicted octanol–water partition coefficient (Wildman–Crippen LogP) is 4.14. The molecule has 1 amide bonds. The maximum atomic E-state index is 12.9. The van der Waals surface area contributed by atoms with Crippen molar-refractivity contribution in [2.45, 2.75) is 45.1 Å². The molecule has 1 fully saturated rings. The Bertz CT molecular complexity index is 1070. The number of benzene rings is 1. The molecule has 2 aliphatic carbocycles. The zero-order chi connectivity index (χ0) is 21.8. The van der Waals surface area contributed by atoms with Gasteiger partial charge in [0, 0.05) is 23.2 Å². The molecule has 0 radical (unpaired) electrons. The summed E-state index contributed by atoms with van der Waals surface area (Å²) in [6, 6.07) is 15.8. The monoisotopic (exact) mass is 428 g/mol. The van der Waals surface area contributed by atoms with Gasteiger partial charge in [-0.2, -0.15) is 4.98 Å². The second-order valence-corrected chi connectivity index (χ2v) is 8.71. The van der Waals surface area contributed by atoms with Gasteiger partial charge in [-0.1, -0.05) is 36.4 Å². The van der Waals surface area contributed by atoms with Crippen LogP contribution in [0, 0.1) is 11.8 Å². The van der Waals surface area contributed by atoms with E-state index in [1.807, 2.05) is 48.5 Å². The number of nitrogens with zero attached hydrogens (tertiary/aromatic N) is 3. The van der Waals surface area contributed by atoms with E-state index in [0.717, 1.165) is 48.2 Å². The Balaban J connectivity index is 1.33. The van der Waals surface area contributed by atoms with Crippen LogP contribution in [0.2, 0.25) is 0 Å². The summed E-state index contributed by atoms with van der Waals surface area (Å²) in [5, 5.41) is 3.05. The van der Waals surface area contributed by atoms with Crippen molar-refractivity contribution in [3.63, 3.8) is 0 Å². The molecular formula is C26H28N4O2. The molecule has 6 nitrogen and oxygen atoms in total. The number of hydrogen-bond donors (Lipinski definition) is 1. The second kappa shape index (κ2) is 9.47. The highest BCUT2D eigenvalue weighted by Crippen LogP contribution is 2.34. The molecule has 1 aromatic carbocycles. The molecule has 5 rings (SSSR count). The second-order valence-electron chi connectivity index (χ2n) is 8.71. The van der Waals surface area contributed by atoms with Crippen LogP contribution < -0.4 is 10.1 Å². The standard InChI is InChI=1S/C26H28N4O2/c31-25(28-16-21-8-4-5-15-27-21)20-11-13-22-23(14-12-20)29-24(19-6-2-1-3-7-19)30-26(22)32-17-18-9-10-18/h1-8,15,18,20H,9-14,16-17H2,(H,28,31). The van der Waals surface area contributed by atoms with Crippen molar-refractivity contribution in [1.82, 2.24) is 20.3 Å². The fraction of sp³-hybridized carbons (Fsp3) is 0.385. The van der Waals surface area contributed by atoms with Gasteiger partial charge in [0.1, 0.15) is 0 Å². The molecule has 0 aliphatic heterocycles. The van der Waals surface area contributed by atoms with Gasteiger partial charge in [0.15, 0.2) is 5.82 Å². The van der Waals surface area contributed by atoms with Gasteiger partial charge in [0.05, 0.1) is 24.5 Å². The Morgan fingerprint density at radius 2 is 1.78 bits per heavy atom. The van der Waals surface area contributed by atoms with Crippen LogP contribution in [0.3, 0.4) is 0 Å². The summed E-state index contributed by atoms with van der Waals surface area (Å²) in [6.45, 7) is 1.17. The largest absolute Gasteiger partial charge is 0.477 e. The number of aryl methyl sites for hydroxylation is 1. The molecule has 1 N–H and O–H groups in total. The highest BCUT2D eigenvalue weighted by molar-refractivity contribution is 5.78. The van der Waals surface area contributed by atoms with Crippen LogP contribution in [-0.4, -0.2) is 27.5 Å². The fourth-order valence-corrected chi connectivity index (χ4v) is 4.14. The van der Waals surface area contributed by atoms with E-state index in [9.17, 15) is 4.79 Å². The maximum Gasteiger partial charge on any atom is 0.223 e. The average Bonchev–Trinajstić information content (AvgIpc) is 3.69. The van der Waals surface area contributed by atoms with E-state index in [4.69, 9.17) is 14.7 Å². The van der Waals surface area contributed by atoms with Crippen molar-refractivity contribution in [3.05, 3.63) is 71.7 Å². The van der Waals surface area contributed by atoms with E-state index < -0.39 is 0 Å². The first-order valence-electron chi connectivity index (χ1n) is 11.5. The lowest BCUT2D eigenvalue weighted by Gasteiger charge is -2.14. The number of aromatic nitrogens is 3. The Morgan fingerprint density at radius 3 is 2.56 bits per heavy atom. The first kappa shape index (κ1) is 20.6. The van der Waals surface area contributed by atoms with E-state index in [1.54, 1.807) is 6.20 Å². The predicted molar refractivity (Wildman–Crippen MR) is 122 cm³/mol. The average molecular weight is 429 g/mol. The lowest BCUT2D eigenvalue weighted by atomic mass is 9.99. The summed E-state index contributed by atoms with van der Waals surface area (Å²) < 4.78 is 6.19. The molecular weight excluding hydrogens is 400 g/mol. The SMILES string of the molecule is O=C(NCc1ccccn1)C1CCc2nc(-c3ccccc3)nc(OCC3CC3)c2CC1. The van der Waals surface area contributed by atoms with Crippen molar-refractivity contribution in [3.8, 4) is 17.3 Å². The quantitative estimate of drug-likeness (QED) is 0.573. The van der Waals surface area contributed by atoms with Crippen LogP contribution in [0.4, 0.5) is 0 Å². The minimum absolute atomic E-state index is 0.0515. The van der Waals surface area contributed by atoms with Crippen molar-refractivity contribution >= 4 is 5.91 Å². The first-order chi connectivity index (χ1) is 15.8. The number of ether oxygens (including phenoxy) is 1. The Kier molecular flexibility index (Phi) is 6.10. The molecule has 1 unspecified atom stereocenters. The van der Waals surface area contributed by atoms with Gasteiger partial charge in [-0.05, 0) is 56.6 Å². The van der Waals surface area contributed by atoms with Gasteiger partial charge >= 0.3 is 0 Å². The Labute approximate surface area is 188 Å². The number of fused-ring (bicyclic) bond motifs is 1. The molecule has 1 saturated carbocycles. The van der Waals surface area contributed by atoms with Crippen molar-refractivity contribution in [2.75, 3.05) is 6.61 Å². The number of carbonyl (C=O) groups excluding carboxylic acids is 1. The molecule has 0 spiro atoms. The van der Waals surface area contributed by atoms with E-state index in [2.05, 4.69) is 10.3 Å². The number of rotatable bonds is 7. The molecule has 32 heavy (non-hydrogen) atoms. The van der Waals surface area contributed by atoms with Crippen LogP contribution in [0.15, 0.2) is 54.7 Å². The highest BCUT2D eigenvalue weighted by atomic mass is 16.5. The minimum Gasteiger partial charge on any atom is -0.477 e. The number of nitrogens with one attached hydrogen (secondary N) is 1. The molecule has 0 bridgehead atoms. The molecule has 2 aliphatic rings. The van der Waals surface area contributed by atoms with Gasteiger partial charge in [-0.15, -0.1) is 0 Å². The lowest BCUT2D eigenvalue weighted by molar-refractivity contribution is -0.125. The van der Waals surface area contributed by atoms with Gasteiger partial charge < -0.3 is 10.1 Å². The molecule has 2 heterocycles.